The highest BCUT2D eigenvalue weighted by Crippen LogP contribution is 2.45. The number of sulfone groups is 1. The third kappa shape index (κ3) is 5.71. The van der Waals surface area contributed by atoms with Crippen LogP contribution in [0.1, 0.15) is 48.3 Å². The van der Waals surface area contributed by atoms with Crippen LogP contribution in [0, 0.1) is 11.3 Å². The van der Waals surface area contributed by atoms with Gasteiger partial charge in [0.2, 0.25) is 21.6 Å². The van der Waals surface area contributed by atoms with E-state index in [0.29, 0.717) is 47.5 Å². The molecule has 0 aliphatic carbocycles. The van der Waals surface area contributed by atoms with Gasteiger partial charge in [-0.25, -0.2) is 13.4 Å². The number of nitrogens with zero attached hydrogens (tertiary/aromatic N) is 3. The van der Waals surface area contributed by atoms with E-state index >= 15 is 0 Å². The molecule has 0 saturated heterocycles. The molecule has 1 amide bonds. The van der Waals surface area contributed by atoms with Gasteiger partial charge in [0, 0.05) is 17.8 Å². The van der Waals surface area contributed by atoms with Gasteiger partial charge in [-0.15, -0.1) is 0 Å². The Morgan fingerprint density at radius 3 is 2.37 bits per heavy atom. The number of aromatic hydroxyl groups is 2. The summed E-state index contributed by atoms with van der Waals surface area (Å²) >= 11 is 0. The summed E-state index contributed by atoms with van der Waals surface area (Å²) in [5.74, 6) is -2.05. The highest BCUT2D eigenvalue weighted by Gasteiger charge is 2.32. The lowest BCUT2D eigenvalue weighted by molar-refractivity contribution is 0.100. The number of nitrogens with two attached hydrogens (primary N) is 1. The Morgan fingerprint density at radius 1 is 1.02 bits per heavy atom. The van der Waals surface area contributed by atoms with Gasteiger partial charge >= 0.3 is 0 Å². The lowest BCUT2D eigenvalue weighted by Gasteiger charge is -2.27. The third-order valence-corrected chi connectivity index (χ3v) is 8.54. The fraction of sp³-hybridized carbons (Fsp3) is 0.194. The van der Waals surface area contributed by atoms with Gasteiger partial charge in [0.25, 0.3) is 0 Å². The predicted octanol–water partition coefficient (Wildman–Crippen LogP) is 5.46. The van der Waals surface area contributed by atoms with Gasteiger partial charge in [-0.1, -0.05) is 49.7 Å². The Labute approximate surface area is 239 Å². The van der Waals surface area contributed by atoms with E-state index in [4.69, 9.17) is 5.73 Å². The number of carbonyl (C=O) groups is 1. The molecular formula is C31H30N4O5S. The average molecular weight is 571 g/mol. The van der Waals surface area contributed by atoms with Crippen LogP contribution in [-0.2, 0) is 16.3 Å². The van der Waals surface area contributed by atoms with E-state index in [0.717, 1.165) is 6.42 Å². The van der Waals surface area contributed by atoms with E-state index < -0.39 is 32.3 Å². The molecule has 0 bridgehead atoms. The largest absolute Gasteiger partial charge is 0.504 e. The Balaban J connectivity index is 1.87. The van der Waals surface area contributed by atoms with Gasteiger partial charge in [0.05, 0.1) is 22.2 Å². The van der Waals surface area contributed by atoms with E-state index in [1.165, 1.54) is 24.3 Å². The van der Waals surface area contributed by atoms with Crippen LogP contribution in [-0.4, -0.2) is 36.1 Å². The number of aromatic nitrogens is 1. The van der Waals surface area contributed by atoms with E-state index in [1.807, 2.05) is 13.8 Å². The van der Waals surface area contributed by atoms with Gasteiger partial charge in [0.1, 0.15) is 5.69 Å². The minimum absolute atomic E-state index is 0.152. The lowest BCUT2D eigenvalue weighted by Crippen LogP contribution is -2.20. The maximum Gasteiger partial charge on any atom is 0.249 e. The van der Waals surface area contributed by atoms with Crippen molar-refractivity contribution in [2.24, 2.45) is 5.73 Å². The number of benzene rings is 3. The number of nitriles is 1. The number of carbonyl (C=O) groups excluding carboxylic acids is 1. The summed E-state index contributed by atoms with van der Waals surface area (Å²) in [7, 11) is -4.46. The van der Waals surface area contributed by atoms with Crippen molar-refractivity contribution in [2.45, 2.75) is 42.9 Å². The van der Waals surface area contributed by atoms with Crippen molar-refractivity contribution in [2.75, 3.05) is 11.4 Å². The number of amides is 1. The molecule has 41 heavy (non-hydrogen) atoms. The summed E-state index contributed by atoms with van der Waals surface area (Å²) in [4.78, 5) is 16.9. The highest BCUT2D eigenvalue weighted by molar-refractivity contribution is 7.91. The number of rotatable bonds is 10. The van der Waals surface area contributed by atoms with Crippen molar-refractivity contribution in [1.29, 1.82) is 5.26 Å². The molecule has 10 heteroatoms. The number of aryl methyl sites for hydroxylation is 1. The molecule has 4 N–H and O–H groups in total. The first-order valence-electron chi connectivity index (χ1n) is 13.1. The second-order valence-corrected chi connectivity index (χ2v) is 11.2. The third-order valence-electron chi connectivity index (χ3n) is 6.73. The first kappa shape index (κ1) is 29.1. The van der Waals surface area contributed by atoms with Crippen LogP contribution in [0.3, 0.4) is 0 Å². The van der Waals surface area contributed by atoms with Crippen molar-refractivity contribution >= 4 is 27.1 Å². The summed E-state index contributed by atoms with van der Waals surface area (Å²) in [6.45, 7) is 4.13. The molecule has 0 unspecified atom stereocenters. The van der Waals surface area contributed by atoms with E-state index in [1.54, 1.807) is 53.4 Å². The van der Waals surface area contributed by atoms with Crippen LogP contribution < -0.4 is 10.6 Å². The second kappa shape index (κ2) is 12.1. The molecule has 0 atom stereocenters. The monoisotopic (exact) mass is 570 g/mol. The van der Waals surface area contributed by atoms with Crippen LogP contribution in [0.4, 0.5) is 11.4 Å². The highest BCUT2D eigenvalue weighted by atomic mass is 32.2. The van der Waals surface area contributed by atoms with Gasteiger partial charge in [-0.3, -0.25) is 4.79 Å². The molecule has 0 aliphatic rings. The quantitative estimate of drug-likeness (QED) is 0.227. The number of pyridine rings is 1. The van der Waals surface area contributed by atoms with Crippen molar-refractivity contribution in [3.63, 3.8) is 0 Å². The Kier molecular flexibility index (Phi) is 8.59. The first-order valence-corrected chi connectivity index (χ1v) is 14.6. The SMILES string of the molecule is CCCCc1nc(O)c(S(=O)(=O)c2ccc(-c3ccccc3C(N)=O)cc2)c(O)c1N(CC)c1cccc(C#N)c1. The van der Waals surface area contributed by atoms with Crippen molar-refractivity contribution < 1.29 is 23.4 Å². The van der Waals surface area contributed by atoms with Gasteiger partial charge < -0.3 is 20.8 Å². The van der Waals surface area contributed by atoms with Crippen molar-refractivity contribution in [3.05, 3.63) is 89.6 Å². The molecule has 3 aromatic carbocycles. The number of unbranched alkanes of at least 4 members (excludes halogenated alkanes) is 1. The number of primary amides is 1. The average Bonchev–Trinajstić information content (AvgIpc) is 2.97. The van der Waals surface area contributed by atoms with E-state index in [-0.39, 0.29) is 16.1 Å². The summed E-state index contributed by atoms with van der Waals surface area (Å²) < 4.78 is 27.7. The number of hydrogen-bond acceptors (Lipinski definition) is 8. The maximum atomic E-state index is 13.8. The Bertz CT molecular complexity index is 1750. The van der Waals surface area contributed by atoms with Crippen LogP contribution in [0.2, 0.25) is 0 Å². The molecule has 9 nitrogen and oxygen atoms in total. The van der Waals surface area contributed by atoms with Crippen LogP contribution >= 0.6 is 0 Å². The molecule has 4 aromatic rings. The van der Waals surface area contributed by atoms with Crippen LogP contribution in [0.5, 0.6) is 11.6 Å². The zero-order valence-electron chi connectivity index (χ0n) is 22.7. The number of anilines is 2. The van der Waals surface area contributed by atoms with Gasteiger partial charge in [0.15, 0.2) is 10.6 Å². The van der Waals surface area contributed by atoms with Gasteiger partial charge in [-0.2, -0.15) is 5.26 Å². The Hall–Kier alpha value is -4.88. The van der Waals surface area contributed by atoms with E-state index in [9.17, 15) is 28.7 Å². The van der Waals surface area contributed by atoms with Crippen LogP contribution in [0.25, 0.3) is 11.1 Å². The molecule has 0 radical (unpaired) electrons. The van der Waals surface area contributed by atoms with Crippen molar-refractivity contribution in [3.8, 4) is 28.8 Å². The lowest BCUT2D eigenvalue weighted by atomic mass is 9.99. The zero-order valence-corrected chi connectivity index (χ0v) is 23.5. The second-order valence-electron chi connectivity index (χ2n) is 9.36. The van der Waals surface area contributed by atoms with Crippen molar-refractivity contribution in [1.82, 2.24) is 4.98 Å². The standard InChI is InChI=1S/C31H30N4O5S/c1-3-5-13-26-27(35(4-2)22-10-8-9-20(18-22)19-32)28(36)29(31(38)34-26)41(39,40)23-16-14-21(15-17-23)24-11-6-7-12-25(24)30(33)37/h6-12,14-18H,3-5,13H2,1-2H3,(H2,33,37)(H2,34,36,38). The molecule has 1 heterocycles. The summed E-state index contributed by atoms with van der Waals surface area (Å²) in [5, 5.41) is 31.8. The van der Waals surface area contributed by atoms with Crippen LogP contribution in [0.15, 0.2) is 82.6 Å². The topological polar surface area (TPSA) is 158 Å². The summed E-state index contributed by atoms with van der Waals surface area (Å²) in [6, 6.07) is 21.2. The maximum absolute atomic E-state index is 13.8. The first-order chi connectivity index (χ1) is 19.6. The zero-order chi connectivity index (χ0) is 29.7. The van der Waals surface area contributed by atoms with Gasteiger partial charge in [-0.05, 0) is 67.3 Å². The molecule has 1 aromatic heterocycles. The molecule has 4 rings (SSSR count). The summed E-state index contributed by atoms with van der Waals surface area (Å²) in [5.41, 5.74) is 8.33. The fourth-order valence-electron chi connectivity index (χ4n) is 4.73. The smallest absolute Gasteiger partial charge is 0.249 e. The molecular weight excluding hydrogens is 540 g/mol. The van der Waals surface area contributed by atoms with E-state index in [2.05, 4.69) is 11.1 Å². The molecule has 0 aliphatic heterocycles. The molecule has 0 spiro atoms. The fourth-order valence-corrected chi connectivity index (χ4v) is 6.09. The predicted molar refractivity (Wildman–Crippen MR) is 156 cm³/mol. The molecule has 0 fully saturated rings. The number of hydrogen-bond donors (Lipinski definition) is 3. The minimum atomic E-state index is -4.46. The normalized spacial score (nSPS) is 11.1. The minimum Gasteiger partial charge on any atom is -0.504 e. The Morgan fingerprint density at radius 2 is 1.73 bits per heavy atom. The molecule has 210 valence electrons. The molecule has 0 saturated carbocycles. The summed E-state index contributed by atoms with van der Waals surface area (Å²) in [6.07, 6.45) is 1.88.